The van der Waals surface area contributed by atoms with Gasteiger partial charge in [-0.15, -0.1) is 0 Å². The number of nitrogens with zero attached hydrogens (tertiary/aromatic N) is 2. The zero-order valence-electron chi connectivity index (χ0n) is 44.5. The average Bonchev–Trinajstić information content (AvgIpc) is 3.88. The van der Waals surface area contributed by atoms with Gasteiger partial charge in [0.15, 0.2) is 5.96 Å². The van der Waals surface area contributed by atoms with Gasteiger partial charge in [0.25, 0.3) is 0 Å². The van der Waals surface area contributed by atoms with Crippen molar-refractivity contribution in [1.82, 2.24) is 47.4 Å². The number of hydrogen-bond donors (Lipinski definition) is 16. The van der Waals surface area contributed by atoms with Crippen LogP contribution in [0.25, 0.3) is 0 Å². The standard InChI is InChI=1S/C51H86N16O9/c1-30-39(27-33-18-20-34(21-19-33)51(4,5)66-50(57)58-25-11-16-36(32(3)68)63-46(73)37(60-30)14-7-9-23-53)64-47(74)40-17-12-26-67(40)49(76)38(15-10-24-54)62-42(70)29-59-44(71)31(2)61-48(75)43(41(69)28-55)65-45(72)35(56)13-6-8-22-52/h16,18-21,31,35,37-41,43,60,68-69H,1,3,6-15,17,22-29,52-56H2,2,4-5H3,(H,59,71)(H,61,75)(H,62,70)(H,63,73)(H,64,74)(H,65,72)(H3,57,58,66)/b36-16-/t31?,35?,37-,38+,39-,40-,41-,43-/m0/s1. The lowest BCUT2D eigenvalue weighted by Gasteiger charge is -2.32. The molecular formula is C51H86N16O9. The lowest BCUT2D eigenvalue weighted by Crippen LogP contribution is -2.60. The van der Waals surface area contributed by atoms with Crippen molar-refractivity contribution in [3.63, 3.8) is 0 Å². The molecule has 8 atom stereocenters. The molecule has 76 heavy (non-hydrogen) atoms. The third kappa shape index (κ3) is 20.5. The molecule has 3 aliphatic heterocycles. The van der Waals surface area contributed by atoms with Crippen molar-refractivity contribution in [2.45, 2.75) is 152 Å². The summed E-state index contributed by atoms with van der Waals surface area (Å²) in [5.41, 5.74) is 36.4. The Bertz CT molecular complexity index is 2210. The number of carbonyl (C=O) groups is 7. The maximum absolute atomic E-state index is 14.5. The van der Waals surface area contributed by atoms with E-state index in [0.29, 0.717) is 76.6 Å². The number of likely N-dealkylation sites (tertiary alicyclic amines) is 1. The Hall–Kier alpha value is -6.64. The number of nitrogens with two attached hydrogens (primary N) is 6. The number of rotatable bonds is 25. The second kappa shape index (κ2) is 32.1. The summed E-state index contributed by atoms with van der Waals surface area (Å²) in [6, 6.07) is 0.0674. The molecule has 25 nitrogen and oxygen atoms in total. The van der Waals surface area contributed by atoms with Crippen LogP contribution in [0.15, 0.2) is 65.6 Å². The molecule has 1 fully saturated rings. The zero-order chi connectivity index (χ0) is 56.5. The van der Waals surface area contributed by atoms with Crippen LogP contribution in [0.1, 0.15) is 103 Å². The minimum absolute atomic E-state index is 0.0892. The fourth-order valence-electron chi connectivity index (χ4n) is 8.58. The third-order valence-corrected chi connectivity index (χ3v) is 13.1. The molecular weight excluding hydrogens is 981 g/mol. The van der Waals surface area contributed by atoms with Gasteiger partial charge in [-0.3, -0.25) is 38.6 Å². The Balaban J connectivity index is 1.82. The molecule has 3 aliphatic rings. The van der Waals surface area contributed by atoms with Crippen molar-refractivity contribution in [3.8, 4) is 0 Å². The molecule has 1 saturated heterocycles. The maximum Gasteiger partial charge on any atom is 0.246 e. The van der Waals surface area contributed by atoms with Crippen molar-refractivity contribution in [1.29, 1.82) is 0 Å². The highest BCUT2D eigenvalue weighted by Gasteiger charge is 2.39. The van der Waals surface area contributed by atoms with Gasteiger partial charge in [-0.2, -0.15) is 0 Å². The van der Waals surface area contributed by atoms with Crippen molar-refractivity contribution < 1.29 is 43.8 Å². The summed E-state index contributed by atoms with van der Waals surface area (Å²) in [7, 11) is 0. The van der Waals surface area contributed by atoms with E-state index in [0.717, 1.165) is 11.1 Å². The highest BCUT2D eigenvalue weighted by Crippen LogP contribution is 2.24. The van der Waals surface area contributed by atoms with Crippen LogP contribution < -0.4 is 76.9 Å². The van der Waals surface area contributed by atoms with Gasteiger partial charge in [-0.25, -0.2) is 0 Å². The van der Waals surface area contributed by atoms with Crippen LogP contribution in [0.4, 0.5) is 0 Å². The minimum Gasteiger partial charge on any atom is -0.506 e. The van der Waals surface area contributed by atoms with E-state index in [2.05, 4.69) is 60.7 Å². The number of hydrogen-bond acceptors (Lipinski definition) is 18. The number of aliphatic hydroxyl groups excluding tert-OH is 2. The maximum atomic E-state index is 14.5. The number of carbonyl (C=O) groups excluding carboxylic acids is 7. The molecule has 25 heteroatoms. The number of unbranched alkanes of at least 4 members (excludes halogenated alkanes) is 2. The summed E-state index contributed by atoms with van der Waals surface area (Å²) < 4.78 is 0. The quantitative estimate of drug-likeness (QED) is 0.0343. The topological polar surface area (TPSA) is 428 Å². The number of aliphatic hydroxyl groups is 2. The SMILES string of the molecule is C=C(O)/C1=C/CCN=C(N)NC(C)(C)c2ccc(cc2)C[C@H](NC(=O)[C@@H]2CCCN2C(=O)[C@@H](CCCN)NC(=O)CNC(=O)C(C)NC(=O)[C@@H](NC(=O)C(N)CCCCN)[C@@H](O)CN)C(=C)N[C@@H](CCCCN)C(=O)N1. The predicted molar refractivity (Wildman–Crippen MR) is 290 cm³/mol. The lowest BCUT2D eigenvalue weighted by molar-refractivity contribution is -0.141. The summed E-state index contributed by atoms with van der Waals surface area (Å²) >= 11 is 0. The molecule has 2 unspecified atom stereocenters. The van der Waals surface area contributed by atoms with E-state index in [1.54, 1.807) is 6.08 Å². The Morgan fingerprint density at radius 2 is 1.59 bits per heavy atom. The molecule has 3 heterocycles. The third-order valence-electron chi connectivity index (χ3n) is 13.1. The van der Waals surface area contributed by atoms with E-state index in [-0.39, 0.29) is 56.3 Å². The van der Waals surface area contributed by atoms with E-state index in [1.807, 2.05) is 38.1 Å². The Kier molecular flexibility index (Phi) is 26.9. The normalized spacial score (nSPS) is 20.9. The Morgan fingerprint density at radius 3 is 2.24 bits per heavy atom. The minimum atomic E-state index is -1.54. The number of benzene rings is 1. The Labute approximate surface area is 446 Å². The number of guanidine groups is 1. The highest BCUT2D eigenvalue weighted by atomic mass is 16.3. The monoisotopic (exact) mass is 1070 g/mol. The van der Waals surface area contributed by atoms with Crippen LogP contribution in [-0.4, -0.2) is 157 Å². The highest BCUT2D eigenvalue weighted by molar-refractivity contribution is 5.96. The van der Waals surface area contributed by atoms with Gasteiger partial charge < -0.3 is 92.0 Å². The fourth-order valence-corrected chi connectivity index (χ4v) is 8.58. The first-order valence-electron chi connectivity index (χ1n) is 26.1. The van der Waals surface area contributed by atoms with Gasteiger partial charge in [-0.05, 0) is 122 Å². The summed E-state index contributed by atoms with van der Waals surface area (Å²) in [5.74, 6) is -4.88. The van der Waals surface area contributed by atoms with Gasteiger partial charge in [0, 0.05) is 25.3 Å². The molecule has 0 radical (unpaired) electrons. The first-order chi connectivity index (χ1) is 36.1. The lowest BCUT2D eigenvalue weighted by atomic mass is 9.92. The van der Waals surface area contributed by atoms with E-state index < -0.39 is 108 Å². The van der Waals surface area contributed by atoms with Crippen LogP contribution >= 0.6 is 0 Å². The summed E-state index contributed by atoms with van der Waals surface area (Å²) in [6.45, 7) is 13.6. The molecule has 0 aliphatic carbocycles. The largest absolute Gasteiger partial charge is 0.506 e. The number of nitrogens with one attached hydrogen (secondary N) is 8. The molecule has 4 rings (SSSR count). The number of aliphatic imine (C=N–C) groups is 1. The van der Waals surface area contributed by atoms with Crippen LogP contribution in [0, 0.1) is 0 Å². The van der Waals surface area contributed by atoms with Gasteiger partial charge in [-0.1, -0.05) is 49.9 Å². The molecule has 424 valence electrons. The van der Waals surface area contributed by atoms with Crippen LogP contribution in [0.5, 0.6) is 0 Å². The zero-order valence-corrected chi connectivity index (χ0v) is 44.5. The average molecular weight is 1070 g/mol. The molecule has 1 aromatic carbocycles. The molecule has 0 aromatic heterocycles. The van der Waals surface area contributed by atoms with Crippen LogP contribution in [0.3, 0.4) is 0 Å². The fraction of sp³-hybridized carbons (Fsp3) is 0.608. The van der Waals surface area contributed by atoms with E-state index >= 15 is 0 Å². The van der Waals surface area contributed by atoms with Gasteiger partial charge in [0.1, 0.15) is 36.0 Å². The number of fused-ring (bicyclic) bond motifs is 14. The second-order valence-electron chi connectivity index (χ2n) is 19.7. The van der Waals surface area contributed by atoms with Crippen LogP contribution in [0.2, 0.25) is 0 Å². The van der Waals surface area contributed by atoms with Crippen molar-refractivity contribution in [2.75, 3.05) is 45.8 Å². The Morgan fingerprint density at radius 1 is 0.921 bits per heavy atom. The predicted octanol–water partition coefficient (Wildman–Crippen LogP) is -2.97. The molecule has 1 aromatic rings. The first-order valence-corrected chi connectivity index (χ1v) is 26.1. The smallest absolute Gasteiger partial charge is 0.246 e. The molecule has 2 bridgehead atoms. The summed E-state index contributed by atoms with van der Waals surface area (Å²) in [4.78, 5) is 101. The first kappa shape index (κ1) is 63.7. The summed E-state index contributed by atoms with van der Waals surface area (Å²) in [5, 5.41) is 43.1. The van der Waals surface area contributed by atoms with Gasteiger partial charge >= 0.3 is 0 Å². The van der Waals surface area contributed by atoms with E-state index in [1.165, 1.54) is 11.8 Å². The van der Waals surface area contributed by atoms with Crippen molar-refractivity contribution >= 4 is 47.3 Å². The number of amides is 7. The summed E-state index contributed by atoms with van der Waals surface area (Å²) in [6.07, 6.45) is 4.78. The molecule has 0 saturated carbocycles. The second-order valence-corrected chi connectivity index (χ2v) is 19.7. The molecule has 22 N–H and O–H groups in total. The van der Waals surface area contributed by atoms with Crippen molar-refractivity contribution in [3.05, 3.63) is 71.8 Å². The van der Waals surface area contributed by atoms with E-state index in [4.69, 9.17) is 34.4 Å². The molecule has 0 spiro atoms. The van der Waals surface area contributed by atoms with Crippen molar-refractivity contribution in [2.24, 2.45) is 39.4 Å². The van der Waals surface area contributed by atoms with Gasteiger partial charge in [0.05, 0.1) is 36.0 Å². The van der Waals surface area contributed by atoms with Crippen LogP contribution in [-0.2, 0) is 45.5 Å². The van der Waals surface area contributed by atoms with Gasteiger partial charge in [0.2, 0.25) is 41.4 Å². The molecule has 7 amide bonds. The van der Waals surface area contributed by atoms with E-state index in [9.17, 15) is 43.8 Å².